The fourth-order valence-corrected chi connectivity index (χ4v) is 2.32. The standard InChI is InChI=1S/C14H15NO6/c16-6-10-11(17)12(18)13(19)14(21-10)20-9-5-15-8-4-2-1-3-7(8)9/h1-5,10-11,13-17,19H,6H2/t10-,11-,13+,14-/m1/s1. The molecule has 4 atom stereocenters. The first-order valence-electron chi connectivity index (χ1n) is 6.50. The van der Waals surface area contributed by atoms with Crippen LogP contribution in [0.3, 0.4) is 0 Å². The number of carbonyl (C=O) groups is 1. The van der Waals surface area contributed by atoms with Gasteiger partial charge < -0.3 is 29.8 Å². The van der Waals surface area contributed by atoms with E-state index in [4.69, 9.17) is 14.6 Å². The third kappa shape index (κ3) is 2.40. The zero-order valence-corrected chi connectivity index (χ0v) is 11.0. The second kappa shape index (κ2) is 5.45. The fraction of sp³-hybridized carbons (Fsp3) is 0.357. The first-order valence-corrected chi connectivity index (χ1v) is 6.50. The molecule has 2 aromatic rings. The Morgan fingerprint density at radius 2 is 2.00 bits per heavy atom. The molecule has 112 valence electrons. The van der Waals surface area contributed by atoms with E-state index in [2.05, 4.69) is 4.98 Å². The minimum Gasteiger partial charge on any atom is -0.459 e. The number of ether oxygens (including phenoxy) is 2. The van der Waals surface area contributed by atoms with Crippen LogP contribution in [-0.2, 0) is 9.53 Å². The van der Waals surface area contributed by atoms with Gasteiger partial charge >= 0.3 is 0 Å². The smallest absolute Gasteiger partial charge is 0.234 e. The monoisotopic (exact) mass is 293 g/mol. The van der Waals surface area contributed by atoms with E-state index in [0.29, 0.717) is 5.75 Å². The third-order valence-corrected chi connectivity index (χ3v) is 3.48. The van der Waals surface area contributed by atoms with Crippen LogP contribution in [-0.4, -0.2) is 57.3 Å². The molecule has 0 radical (unpaired) electrons. The van der Waals surface area contributed by atoms with Crippen molar-refractivity contribution < 1.29 is 29.6 Å². The average molecular weight is 293 g/mol. The van der Waals surface area contributed by atoms with Crippen molar-refractivity contribution in [3.63, 3.8) is 0 Å². The van der Waals surface area contributed by atoms with E-state index in [0.717, 1.165) is 10.9 Å². The number of H-pyrrole nitrogens is 1. The maximum absolute atomic E-state index is 11.7. The number of nitrogens with one attached hydrogen (secondary N) is 1. The third-order valence-electron chi connectivity index (χ3n) is 3.48. The number of carbonyl (C=O) groups excluding carboxylic acids is 1. The molecule has 4 N–H and O–H groups in total. The highest BCUT2D eigenvalue weighted by atomic mass is 16.7. The molecule has 1 aromatic heterocycles. The van der Waals surface area contributed by atoms with Gasteiger partial charge in [0, 0.05) is 17.1 Å². The second-order valence-electron chi connectivity index (χ2n) is 4.83. The lowest BCUT2D eigenvalue weighted by atomic mass is 10.0. The van der Waals surface area contributed by atoms with Gasteiger partial charge in [0.05, 0.1) is 6.61 Å². The molecular weight excluding hydrogens is 278 g/mol. The molecule has 0 spiro atoms. The van der Waals surface area contributed by atoms with Gasteiger partial charge in [-0.25, -0.2) is 0 Å². The highest BCUT2D eigenvalue weighted by molar-refractivity contribution is 5.89. The van der Waals surface area contributed by atoms with Crippen molar-refractivity contribution >= 4 is 16.7 Å². The number of rotatable bonds is 3. The van der Waals surface area contributed by atoms with Crippen LogP contribution in [0.15, 0.2) is 30.5 Å². The van der Waals surface area contributed by atoms with Gasteiger partial charge in [-0.1, -0.05) is 12.1 Å². The highest BCUT2D eigenvalue weighted by Gasteiger charge is 2.44. The van der Waals surface area contributed by atoms with Crippen LogP contribution in [0.1, 0.15) is 0 Å². The molecule has 1 aromatic carbocycles. The minimum atomic E-state index is -1.61. The topological polar surface area (TPSA) is 112 Å². The maximum atomic E-state index is 11.7. The summed E-state index contributed by atoms with van der Waals surface area (Å²) in [6, 6.07) is 7.35. The molecule has 0 bridgehead atoms. The van der Waals surface area contributed by atoms with Gasteiger partial charge in [-0.3, -0.25) is 4.79 Å². The molecule has 7 heteroatoms. The highest BCUT2D eigenvalue weighted by Crippen LogP contribution is 2.28. The normalized spacial score (nSPS) is 29.8. The van der Waals surface area contributed by atoms with E-state index in [1.807, 2.05) is 24.3 Å². The van der Waals surface area contributed by atoms with Crippen molar-refractivity contribution in [2.24, 2.45) is 0 Å². The molecule has 3 rings (SSSR count). The molecule has 2 heterocycles. The Hall–Kier alpha value is -1.93. The molecule has 7 nitrogen and oxygen atoms in total. The van der Waals surface area contributed by atoms with E-state index in [1.165, 1.54) is 0 Å². The molecule has 0 amide bonds. The molecule has 1 aliphatic heterocycles. The lowest BCUT2D eigenvalue weighted by molar-refractivity contribution is -0.229. The lowest BCUT2D eigenvalue weighted by Gasteiger charge is -2.34. The number of hydrogen-bond donors (Lipinski definition) is 4. The van der Waals surface area contributed by atoms with E-state index in [1.54, 1.807) is 6.20 Å². The SMILES string of the molecule is O=C1[C@H](O)[C@H](Oc2c[nH]c3ccccc23)O[C@H](CO)[C@H]1O. The number of hydrogen-bond acceptors (Lipinski definition) is 6. The Bertz CT molecular complexity index is 654. The van der Waals surface area contributed by atoms with E-state index >= 15 is 0 Å². The van der Waals surface area contributed by atoms with Crippen LogP contribution in [0.2, 0.25) is 0 Å². The van der Waals surface area contributed by atoms with Crippen molar-refractivity contribution in [1.29, 1.82) is 0 Å². The molecule has 0 saturated carbocycles. The lowest BCUT2D eigenvalue weighted by Crippen LogP contribution is -2.57. The summed E-state index contributed by atoms with van der Waals surface area (Å²) in [6.45, 7) is -0.548. The first kappa shape index (κ1) is 14.0. The van der Waals surface area contributed by atoms with Crippen LogP contribution in [0.4, 0.5) is 0 Å². The Morgan fingerprint density at radius 1 is 1.24 bits per heavy atom. The van der Waals surface area contributed by atoms with Crippen molar-refractivity contribution in [3.8, 4) is 5.75 Å². The van der Waals surface area contributed by atoms with Gasteiger partial charge in [0.2, 0.25) is 6.29 Å². The van der Waals surface area contributed by atoms with Gasteiger partial charge in [0.1, 0.15) is 18.0 Å². The number of aromatic amines is 1. The number of aromatic nitrogens is 1. The summed E-state index contributed by atoms with van der Waals surface area (Å²) in [5.41, 5.74) is 0.836. The van der Waals surface area contributed by atoms with Crippen molar-refractivity contribution in [2.45, 2.75) is 24.6 Å². The van der Waals surface area contributed by atoms with Gasteiger partial charge in [0.15, 0.2) is 11.9 Å². The van der Waals surface area contributed by atoms with Crippen LogP contribution in [0.25, 0.3) is 10.9 Å². The Balaban J connectivity index is 1.85. The molecule has 1 saturated heterocycles. The molecule has 0 unspecified atom stereocenters. The fourth-order valence-electron chi connectivity index (χ4n) is 2.32. The zero-order valence-electron chi connectivity index (χ0n) is 11.0. The minimum absolute atomic E-state index is 0.413. The Morgan fingerprint density at radius 3 is 2.76 bits per heavy atom. The number of fused-ring (bicyclic) bond motifs is 1. The summed E-state index contributed by atoms with van der Waals surface area (Å²) in [5, 5.41) is 29.3. The number of aliphatic hydroxyl groups is 3. The van der Waals surface area contributed by atoms with Crippen LogP contribution in [0.5, 0.6) is 5.75 Å². The van der Waals surface area contributed by atoms with Crippen molar-refractivity contribution in [3.05, 3.63) is 30.5 Å². The molecular formula is C14H15NO6. The predicted molar refractivity (Wildman–Crippen MR) is 71.7 cm³/mol. The Labute approximate surface area is 119 Å². The number of ketones is 1. The van der Waals surface area contributed by atoms with Crippen molar-refractivity contribution in [1.82, 2.24) is 4.98 Å². The molecule has 1 aliphatic rings. The van der Waals surface area contributed by atoms with Gasteiger partial charge in [-0.2, -0.15) is 0 Å². The quantitative estimate of drug-likeness (QED) is 0.610. The number of Topliss-reactive ketones (excluding diaryl/α,β-unsaturated/α-hetero) is 1. The van der Waals surface area contributed by atoms with Crippen LogP contribution < -0.4 is 4.74 Å². The predicted octanol–water partition coefficient (Wildman–Crippen LogP) is -0.445. The van der Waals surface area contributed by atoms with Crippen LogP contribution in [0, 0.1) is 0 Å². The van der Waals surface area contributed by atoms with E-state index in [9.17, 15) is 15.0 Å². The van der Waals surface area contributed by atoms with Crippen molar-refractivity contribution in [2.75, 3.05) is 6.61 Å². The maximum Gasteiger partial charge on any atom is 0.234 e. The van der Waals surface area contributed by atoms with Gasteiger partial charge in [-0.15, -0.1) is 0 Å². The zero-order chi connectivity index (χ0) is 15.0. The number of benzene rings is 1. The van der Waals surface area contributed by atoms with Gasteiger partial charge in [-0.05, 0) is 12.1 Å². The molecule has 21 heavy (non-hydrogen) atoms. The second-order valence-corrected chi connectivity index (χ2v) is 4.83. The summed E-state index contributed by atoms with van der Waals surface area (Å²) in [6.07, 6.45) is -3.98. The summed E-state index contributed by atoms with van der Waals surface area (Å²) >= 11 is 0. The van der Waals surface area contributed by atoms with Gasteiger partial charge in [0.25, 0.3) is 0 Å². The summed E-state index contributed by atoms with van der Waals surface area (Å²) in [4.78, 5) is 14.7. The summed E-state index contributed by atoms with van der Waals surface area (Å²) in [7, 11) is 0. The largest absolute Gasteiger partial charge is 0.459 e. The number of para-hydroxylation sites is 1. The average Bonchev–Trinajstić information content (AvgIpc) is 2.91. The summed E-state index contributed by atoms with van der Waals surface area (Å²) in [5.74, 6) is -0.416. The Kier molecular flexibility index (Phi) is 3.64. The summed E-state index contributed by atoms with van der Waals surface area (Å²) < 4.78 is 10.8. The van der Waals surface area contributed by atoms with Crippen LogP contribution >= 0.6 is 0 Å². The molecule has 0 aliphatic carbocycles. The first-order chi connectivity index (χ1) is 10.1. The molecule has 1 fully saturated rings. The number of aliphatic hydroxyl groups excluding tert-OH is 3. The van der Waals surface area contributed by atoms with E-state index < -0.39 is 37.0 Å². The van der Waals surface area contributed by atoms with E-state index in [-0.39, 0.29) is 0 Å².